The summed E-state index contributed by atoms with van der Waals surface area (Å²) in [5, 5.41) is 3.37. The van der Waals surface area contributed by atoms with Crippen molar-refractivity contribution in [2.45, 2.75) is 6.92 Å². The van der Waals surface area contributed by atoms with Crippen LogP contribution in [0, 0.1) is 0 Å². The molecule has 3 rings (SSSR count). The van der Waals surface area contributed by atoms with Crippen molar-refractivity contribution in [1.82, 2.24) is 9.88 Å². The van der Waals surface area contributed by atoms with Gasteiger partial charge in [0.1, 0.15) is 5.82 Å². The molecule has 2 aliphatic rings. The summed E-state index contributed by atoms with van der Waals surface area (Å²) in [4.78, 5) is 22.3. The number of hydrogen-bond acceptors (Lipinski definition) is 5. The van der Waals surface area contributed by atoms with Crippen molar-refractivity contribution in [3.63, 3.8) is 0 Å². The van der Waals surface area contributed by atoms with Crippen LogP contribution in [0.15, 0.2) is 12.3 Å². The van der Waals surface area contributed by atoms with Gasteiger partial charge in [-0.3, -0.25) is 4.79 Å². The summed E-state index contributed by atoms with van der Waals surface area (Å²) in [5.74, 6) is 1.16. The first-order valence-corrected chi connectivity index (χ1v) is 7.10. The van der Waals surface area contributed by atoms with Crippen molar-refractivity contribution in [1.29, 1.82) is 0 Å². The Kier molecular flexibility index (Phi) is 3.38. The molecular weight excluding hydrogens is 254 g/mol. The number of carbonyl (C=O) groups excluding carboxylic acids is 1. The topological polar surface area (TPSA) is 51.7 Å². The third-order valence-corrected chi connectivity index (χ3v) is 4.09. The third-order valence-electron chi connectivity index (χ3n) is 4.09. The molecule has 0 spiro atoms. The van der Waals surface area contributed by atoms with Gasteiger partial charge in [-0.05, 0) is 0 Å². The number of fused-ring (bicyclic) bond motifs is 1. The molecule has 2 aliphatic heterocycles. The number of nitrogens with one attached hydrogen (secondary N) is 1. The zero-order valence-electron chi connectivity index (χ0n) is 12.1. The van der Waals surface area contributed by atoms with E-state index in [1.165, 1.54) is 5.69 Å². The molecule has 1 N–H and O–H groups in total. The number of carbonyl (C=O) groups is 1. The lowest BCUT2D eigenvalue weighted by Gasteiger charge is -2.36. The number of pyridine rings is 1. The van der Waals surface area contributed by atoms with Crippen LogP contribution in [0.2, 0.25) is 0 Å². The van der Waals surface area contributed by atoms with E-state index >= 15 is 0 Å². The molecule has 0 aromatic carbocycles. The van der Waals surface area contributed by atoms with Gasteiger partial charge in [-0.1, -0.05) is 0 Å². The molecular formula is C14H21N5O. The second-order valence-corrected chi connectivity index (χ2v) is 5.40. The number of anilines is 3. The van der Waals surface area contributed by atoms with E-state index < -0.39 is 0 Å². The molecule has 0 unspecified atom stereocenters. The zero-order valence-corrected chi connectivity index (χ0v) is 12.1. The van der Waals surface area contributed by atoms with Gasteiger partial charge in [0.15, 0.2) is 0 Å². The molecule has 1 fully saturated rings. The molecule has 0 saturated carbocycles. The van der Waals surface area contributed by atoms with Gasteiger partial charge in [0.2, 0.25) is 5.91 Å². The molecule has 0 aliphatic carbocycles. The minimum absolute atomic E-state index is 0.159. The second-order valence-electron chi connectivity index (χ2n) is 5.40. The number of hydrogen-bond donors (Lipinski definition) is 1. The van der Waals surface area contributed by atoms with Crippen LogP contribution in [0.25, 0.3) is 0 Å². The SMILES string of the molecule is CC(=O)N1CCN(c2cc3c(cn2)NCCN3C)CC1. The fraction of sp³-hybridized carbons (Fsp3) is 0.571. The number of rotatable bonds is 1. The molecule has 1 saturated heterocycles. The predicted molar refractivity (Wildman–Crippen MR) is 80.5 cm³/mol. The van der Waals surface area contributed by atoms with E-state index in [4.69, 9.17) is 0 Å². The highest BCUT2D eigenvalue weighted by Crippen LogP contribution is 2.30. The highest BCUT2D eigenvalue weighted by atomic mass is 16.2. The van der Waals surface area contributed by atoms with Crippen LogP contribution < -0.4 is 15.1 Å². The first kappa shape index (κ1) is 13.0. The smallest absolute Gasteiger partial charge is 0.219 e. The van der Waals surface area contributed by atoms with E-state index in [2.05, 4.69) is 33.2 Å². The van der Waals surface area contributed by atoms with Gasteiger partial charge < -0.3 is 20.0 Å². The quantitative estimate of drug-likeness (QED) is 0.814. The van der Waals surface area contributed by atoms with Crippen molar-refractivity contribution in [2.24, 2.45) is 0 Å². The minimum Gasteiger partial charge on any atom is -0.380 e. The van der Waals surface area contributed by atoms with Gasteiger partial charge in [0.05, 0.1) is 17.6 Å². The first-order valence-electron chi connectivity index (χ1n) is 7.10. The molecule has 6 nitrogen and oxygen atoms in total. The number of amides is 1. The van der Waals surface area contributed by atoms with E-state index in [-0.39, 0.29) is 5.91 Å². The summed E-state index contributed by atoms with van der Waals surface area (Å²) in [6, 6.07) is 2.14. The molecule has 108 valence electrons. The Hall–Kier alpha value is -1.98. The largest absolute Gasteiger partial charge is 0.380 e. The van der Waals surface area contributed by atoms with Crippen LogP contribution in [0.4, 0.5) is 17.2 Å². The van der Waals surface area contributed by atoms with Gasteiger partial charge >= 0.3 is 0 Å². The van der Waals surface area contributed by atoms with E-state index in [1.807, 2.05) is 11.1 Å². The summed E-state index contributed by atoms with van der Waals surface area (Å²) in [6.45, 7) is 6.86. The maximum atomic E-state index is 11.4. The molecule has 1 aromatic rings. The van der Waals surface area contributed by atoms with Crippen LogP contribution in [-0.4, -0.2) is 62.1 Å². The Balaban J connectivity index is 1.75. The molecule has 1 aromatic heterocycles. The molecule has 20 heavy (non-hydrogen) atoms. The zero-order chi connectivity index (χ0) is 14.1. The van der Waals surface area contributed by atoms with Crippen LogP contribution in [0.5, 0.6) is 0 Å². The Morgan fingerprint density at radius 2 is 2.00 bits per heavy atom. The summed E-state index contributed by atoms with van der Waals surface area (Å²) in [5.41, 5.74) is 2.31. The van der Waals surface area contributed by atoms with E-state index in [0.29, 0.717) is 0 Å². The maximum absolute atomic E-state index is 11.4. The van der Waals surface area contributed by atoms with Gasteiger partial charge in [0.25, 0.3) is 0 Å². The lowest BCUT2D eigenvalue weighted by atomic mass is 10.2. The maximum Gasteiger partial charge on any atom is 0.219 e. The summed E-state index contributed by atoms with van der Waals surface area (Å²) in [7, 11) is 2.11. The molecule has 1 amide bonds. The number of nitrogens with zero attached hydrogens (tertiary/aromatic N) is 4. The normalized spacial score (nSPS) is 18.6. The lowest BCUT2D eigenvalue weighted by Crippen LogP contribution is -2.48. The van der Waals surface area contributed by atoms with Crippen molar-refractivity contribution >= 4 is 23.1 Å². The van der Waals surface area contributed by atoms with Gasteiger partial charge in [-0.25, -0.2) is 4.98 Å². The Bertz CT molecular complexity index is 510. The molecule has 6 heteroatoms. The Labute approximate surface area is 119 Å². The fourth-order valence-corrected chi connectivity index (χ4v) is 2.79. The van der Waals surface area contributed by atoms with Crippen LogP contribution in [0.3, 0.4) is 0 Å². The van der Waals surface area contributed by atoms with Gasteiger partial charge in [-0.2, -0.15) is 0 Å². The van der Waals surface area contributed by atoms with Gasteiger partial charge in [-0.15, -0.1) is 0 Å². The van der Waals surface area contributed by atoms with Crippen LogP contribution in [-0.2, 0) is 4.79 Å². The van der Waals surface area contributed by atoms with Crippen molar-refractivity contribution in [2.75, 3.05) is 61.4 Å². The highest BCUT2D eigenvalue weighted by molar-refractivity contribution is 5.75. The standard InChI is InChI=1S/C14H21N5O/c1-11(20)18-5-7-19(8-6-18)14-9-13-12(10-16-14)15-3-4-17(13)2/h9-10,15H,3-8H2,1-2H3. The first-order chi connectivity index (χ1) is 9.65. The van der Waals surface area contributed by atoms with E-state index in [0.717, 1.165) is 50.8 Å². The average molecular weight is 275 g/mol. The number of piperazine rings is 1. The Morgan fingerprint density at radius 3 is 2.70 bits per heavy atom. The molecule has 0 radical (unpaired) electrons. The second kappa shape index (κ2) is 5.19. The molecule has 3 heterocycles. The molecule has 0 atom stereocenters. The summed E-state index contributed by atoms with van der Waals surface area (Å²) < 4.78 is 0. The van der Waals surface area contributed by atoms with Crippen LogP contribution >= 0.6 is 0 Å². The monoisotopic (exact) mass is 275 g/mol. The third kappa shape index (κ3) is 2.37. The minimum atomic E-state index is 0.159. The van der Waals surface area contributed by atoms with E-state index in [1.54, 1.807) is 6.92 Å². The summed E-state index contributed by atoms with van der Waals surface area (Å²) in [6.07, 6.45) is 1.91. The van der Waals surface area contributed by atoms with Crippen LogP contribution in [0.1, 0.15) is 6.92 Å². The summed E-state index contributed by atoms with van der Waals surface area (Å²) >= 11 is 0. The highest BCUT2D eigenvalue weighted by Gasteiger charge is 2.21. The average Bonchev–Trinajstić information content (AvgIpc) is 2.47. The molecule has 0 bridgehead atoms. The fourth-order valence-electron chi connectivity index (χ4n) is 2.79. The predicted octanol–water partition coefficient (Wildman–Crippen LogP) is 0.612. The number of likely N-dealkylation sites (N-methyl/N-ethyl adjacent to an activating group) is 1. The van der Waals surface area contributed by atoms with Gasteiger partial charge in [0, 0.05) is 59.3 Å². The van der Waals surface area contributed by atoms with E-state index in [9.17, 15) is 4.79 Å². The van der Waals surface area contributed by atoms with Crippen molar-refractivity contribution in [3.8, 4) is 0 Å². The van der Waals surface area contributed by atoms with Crippen molar-refractivity contribution < 1.29 is 4.79 Å². The van der Waals surface area contributed by atoms with Crippen molar-refractivity contribution in [3.05, 3.63) is 12.3 Å². The number of aromatic nitrogens is 1. The Morgan fingerprint density at radius 1 is 1.25 bits per heavy atom. The lowest BCUT2D eigenvalue weighted by molar-refractivity contribution is -0.129.